The normalized spacial score (nSPS) is 20.4. The molecule has 1 aromatic carbocycles. The van der Waals surface area contributed by atoms with Crippen molar-refractivity contribution in [1.29, 1.82) is 0 Å². The second-order valence-corrected chi connectivity index (χ2v) is 6.25. The fourth-order valence-corrected chi connectivity index (χ4v) is 3.01. The number of nitrogens with one attached hydrogen (secondary N) is 1. The number of aliphatic imine (C=N–C) groups is 1. The van der Waals surface area contributed by atoms with Gasteiger partial charge in [-0.1, -0.05) is 19.1 Å². The summed E-state index contributed by atoms with van der Waals surface area (Å²) in [5, 5.41) is 3.26. The minimum atomic E-state index is -0.452. The van der Waals surface area contributed by atoms with Crippen LogP contribution in [-0.4, -0.2) is 49.5 Å². The van der Waals surface area contributed by atoms with Gasteiger partial charge in [-0.2, -0.15) is 0 Å². The number of carbonyl (C=O) groups excluding carboxylic acids is 2. The van der Waals surface area contributed by atoms with Gasteiger partial charge in [-0.3, -0.25) is 9.59 Å². The summed E-state index contributed by atoms with van der Waals surface area (Å²) in [7, 11) is 1.42. The molecule has 25 heavy (non-hydrogen) atoms. The molecule has 2 atom stereocenters. The third-order valence-electron chi connectivity index (χ3n) is 4.37. The van der Waals surface area contributed by atoms with Gasteiger partial charge in [0.05, 0.1) is 19.6 Å². The van der Waals surface area contributed by atoms with Gasteiger partial charge in [-0.15, -0.1) is 0 Å². The van der Waals surface area contributed by atoms with E-state index in [0.29, 0.717) is 18.7 Å². The maximum absolute atomic E-state index is 11.9. The van der Waals surface area contributed by atoms with Crippen LogP contribution in [0.5, 0.6) is 0 Å². The van der Waals surface area contributed by atoms with Crippen molar-refractivity contribution in [3.63, 3.8) is 0 Å². The van der Waals surface area contributed by atoms with Crippen LogP contribution in [0.1, 0.15) is 29.8 Å². The molecule has 1 aliphatic rings. The zero-order chi connectivity index (χ0) is 18.4. The predicted octanol–water partition coefficient (Wildman–Crippen LogP) is 0.992. The van der Waals surface area contributed by atoms with E-state index < -0.39 is 5.91 Å². The van der Waals surface area contributed by atoms with Gasteiger partial charge in [0.1, 0.15) is 0 Å². The summed E-state index contributed by atoms with van der Waals surface area (Å²) < 4.78 is 4.89. The van der Waals surface area contributed by atoms with E-state index in [9.17, 15) is 9.59 Å². The number of esters is 1. The fraction of sp³-hybridized carbons (Fsp3) is 0.500. The number of nitrogens with two attached hydrogens (primary N) is 1. The van der Waals surface area contributed by atoms with Crippen LogP contribution in [0.4, 0.5) is 0 Å². The van der Waals surface area contributed by atoms with Crippen molar-refractivity contribution >= 4 is 17.8 Å². The minimum Gasteiger partial charge on any atom is -0.469 e. The molecule has 1 aromatic rings. The van der Waals surface area contributed by atoms with E-state index in [2.05, 4.69) is 15.2 Å². The summed E-state index contributed by atoms with van der Waals surface area (Å²) in [6, 6.07) is 7.13. The summed E-state index contributed by atoms with van der Waals surface area (Å²) in [6.45, 7) is 6.53. The fourth-order valence-electron chi connectivity index (χ4n) is 3.01. The lowest BCUT2D eigenvalue weighted by molar-refractivity contribution is -0.145. The number of hydrogen-bond acceptors (Lipinski definition) is 4. The van der Waals surface area contributed by atoms with Gasteiger partial charge in [-0.25, -0.2) is 4.99 Å². The Labute approximate surface area is 148 Å². The van der Waals surface area contributed by atoms with Gasteiger partial charge in [-0.05, 0) is 30.5 Å². The first-order valence-corrected chi connectivity index (χ1v) is 8.46. The lowest BCUT2D eigenvalue weighted by Crippen LogP contribution is -2.40. The largest absolute Gasteiger partial charge is 0.469 e. The molecule has 1 heterocycles. The number of methoxy groups -OCH3 is 1. The Morgan fingerprint density at radius 1 is 1.40 bits per heavy atom. The van der Waals surface area contributed by atoms with Crippen molar-refractivity contribution in [3.8, 4) is 0 Å². The van der Waals surface area contributed by atoms with E-state index in [4.69, 9.17) is 10.5 Å². The number of benzene rings is 1. The molecule has 0 radical (unpaired) electrons. The van der Waals surface area contributed by atoms with Crippen LogP contribution in [-0.2, 0) is 16.1 Å². The molecular weight excluding hydrogens is 320 g/mol. The van der Waals surface area contributed by atoms with Gasteiger partial charge in [0.25, 0.3) is 0 Å². The standard InChI is InChI=1S/C18H26N4O3/c1-4-20-18(22-10-12(2)15(11-22)17(24)25-3)21-9-13-6-5-7-14(8-13)16(19)23/h5-8,12,15H,4,9-11H2,1-3H3,(H2,19,23)(H,20,21). The lowest BCUT2D eigenvalue weighted by atomic mass is 9.99. The Hall–Kier alpha value is -2.57. The van der Waals surface area contributed by atoms with E-state index in [1.54, 1.807) is 18.2 Å². The van der Waals surface area contributed by atoms with Crippen molar-refractivity contribution < 1.29 is 14.3 Å². The van der Waals surface area contributed by atoms with Crippen LogP contribution in [0.25, 0.3) is 0 Å². The van der Waals surface area contributed by atoms with Gasteiger partial charge in [0, 0.05) is 25.2 Å². The highest BCUT2D eigenvalue weighted by Crippen LogP contribution is 2.24. The van der Waals surface area contributed by atoms with E-state index in [1.807, 2.05) is 19.9 Å². The highest BCUT2D eigenvalue weighted by atomic mass is 16.5. The lowest BCUT2D eigenvalue weighted by Gasteiger charge is -2.21. The Morgan fingerprint density at radius 2 is 2.16 bits per heavy atom. The molecule has 2 rings (SSSR count). The Morgan fingerprint density at radius 3 is 2.80 bits per heavy atom. The Bertz CT molecular complexity index is 659. The molecule has 7 nitrogen and oxygen atoms in total. The van der Waals surface area contributed by atoms with Crippen molar-refractivity contribution in [1.82, 2.24) is 10.2 Å². The van der Waals surface area contributed by atoms with Crippen LogP contribution >= 0.6 is 0 Å². The zero-order valence-corrected chi connectivity index (χ0v) is 15.0. The smallest absolute Gasteiger partial charge is 0.310 e. The summed E-state index contributed by atoms with van der Waals surface area (Å²) in [4.78, 5) is 29.9. The van der Waals surface area contributed by atoms with Crippen LogP contribution in [0.2, 0.25) is 0 Å². The molecule has 1 saturated heterocycles. The summed E-state index contributed by atoms with van der Waals surface area (Å²) in [5.41, 5.74) is 6.70. The molecule has 0 saturated carbocycles. The topological polar surface area (TPSA) is 97.0 Å². The van der Waals surface area contributed by atoms with Crippen LogP contribution in [0.15, 0.2) is 29.3 Å². The van der Waals surface area contributed by atoms with Gasteiger partial charge >= 0.3 is 5.97 Å². The average molecular weight is 346 g/mol. The number of likely N-dealkylation sites (tertiary alicyclic amines) is 1. The first kappa shape index (κ1) is 18.8. The molecule has 136 valence electrons. The Balaban J connectivity index is 2.12. The number of primary amides is 1. The third kappa shape index (κ3) is 4.71. The highest BCUT2D eigenvalue weighted by molar-refractivity contribution is 5.92. The second kappa shape index (κ2) is 8.50. The SMILES string of the molecule is CCNC(=NCc1cccc(C(N)=O)c1)N1CC(C)C(C(=O)OC)C1. The first-order chi connectivity index (χ1) is 12.0. The molecule has 2 unspecified atom stereocenters. The number of hydrogen-bond donors (Lipinski definition) is 2. The van der Waals surface area contributed by atoms with Crippen molar-refractivity contribution in [3.05, 3.63) is 35.4 Å². The maximum Gasteiger partial charge on any atom is 0.310 e. The molecule has 0 bridgehead atoms. The van der Waals surface area contributed by atoms with E-state index >= 15 is 0 Å². The Kier molecular flexibility index (Phi) is 6.38. The van der Waals surface area contributed by atoms with Gasteiger partial charge in [0.2, 0.25) is 5.91 Å². The van der Waals surface area contributed by atoms with E-state index in [-0.39, 0.29) is 17.8 Å². The first-order valence-electron chi connectivity index (χ1n) is 8.46. The second-order valence-electron chi connectivity index (χ2n) is 6.25. The molecule has 1 fully saturated rings. The molecule has 0 aromatic heterocycles. The summed E-state index contributed by atoms with van der Waals surface area (Å²) >= 11 is 0. The van der Waals surface area contributed by atoms with Gasteiger partial charge in [0.15, 0.2) is 5.96 Å². The number of rotatable bonds is 5. The maximum atomic E-state index is 11.9. The molecule has 3 N–H and O–H groups in total. The third-order valence-corrected chi connectivity index (χ3v) is 4.37. The predicted molar refractivity (Wildman–Crippen MR) is 96.0 cm³/mol. The zero-order valence-electron chi connectivity index (χ0n) is 15.0. The molecule has 1 aliphatic heterocycles. The quantitative estimate of drug-likeness (QED) is 0.471. The van der Waals surface area contributed by atoms with Gasteiger partial charge < -0.3 is 20.7 Å². The minimum absolute atomic E-state index is 0.146. The molecule has 0 spiro atoms. The van der Waals surface area contributed by atoms with Crippen LogP contribution < -0.4 is 11.1 Å². The molecule has 0 aliphatic carbocycles. The number of ether oxygens (including phenoxy) is 1. The molecular formula is C18H26N4O3. The summed E-state index contributed by atoms with van der Waals surface area (Å²) in [6.07, 6.45) is 0. The number of nitrogens with zero attached hydrogens (tertiary/aromatic N) is 2. The van der Waals surface area contributed by atoms with Crippen molar-refractivity contribution in [2.24, 2.45) is 22.6 Å². The monoisotopic (exact) mass is 346 g/mol. The summed E-state index contributed by atoms with van der Waals surface area (Å²) in [5.74, 6) is 0.179. The molecule has 7 heteroatoms. The molecule has 1 amide bonds. The van der Waals surface area contributed by atoms with Crippen molar-refractivity contribution in [2.45, 2.75) is 20.4 Å². The number of carbonyl (C=O) groups is 2. The average Bonchev–Trinajstić information content (AvgIpc) is 2.99. The van der Waals surface area contributed by atoms with Crippen LogP contribution in [0.3, 0.4) is 0 Å². The number of guanidine groups is 1. The van der Waals surface area contributed by atoms with E-state index in [0.717, 1.165) is 24.6 Å². The van der Waals surface area contributed by atoms with Crippen LogP contribution in [0, 0.1) is 11.8 Å². The van der Waals surface area contributed by atoms with Crippen molar-refractivity contribution in [2.75, 3.05) is 26.7 Å². The highest BCUT2D eigenvalue weighted by Gasteiger charge is 2.36. The van der Waals surface area contributed by atoms with E-state index in [1.165, 1.54) is 7.11 Å². The number of amides is 1.